The van der Waals surface area contributed by atoms with E-state index in [0.717, 1.165) is 32.2 Å². The van der Waals surface area contributed by atoms with Gasteiger partial charge in [0.2, 0.25) is 0 Å². The van der Waals surface area contributed by atoms with E-state index in [9.17, 15) is 0 Å². The van der Waals surface area contributed by atoms with E-state index in [1.807, 2.05) is 0 Å². The molecule has 1 N–H and O–H groups in total. The number of ether oxygens (including phenoxy) is 1. The van der Waals surface area contributed by atoms with Crippen LogP contribution in [0.25, 0.3) is 0 Å². The van der Waals surface area contributed by atoms with Gasteiger partial charge in [-0.1, -0.05) is 13.8 Å². The molecule has 2 fully saturated rings. The van der Waals surface area contributed by atoms with E-state index in [2.05, 4.69) is 42.9 Å². The Hall–Kier alpha value is -0.160. The topological polar surface area (TPSA) is 27.7 Å². The van der Waals surface area contributed by atoms with Crippen LogP contribution in [0.3, 0.4) is 0 Å². The zero-order valence-corrected chi connectivity index (χ0v) is 13.8. The molecule has 2 aliphatic heterocycles. The molecule has 2 aliphatic rings. The van der Waals surface area contributed by atoms with Crippen LogP contribution in [0, 0.1) is 5.92 Å². The molecule has 0 aliphatic carbocycles. The first-order valence-corrected chi connectivity index (χ1v) is 8.26. The zero-order chi connectivity index (χ0) is 14.6. The first-order chi connectivity index (χ1) is 9.50. The molecular formula is C16H33N3O. The molecule has 4 heteroatoms. The predicted octanol–water partition coefficient (Wildman–Crippen LogP) is 1.42. The number of nitrogens with one attached hydrogen (secondary N) is 1. The lowest BCUT2D eigenvalue weighted by Gasteiger charge is -2.42. The van der Waals surface area contributed by atoms with Gasteiger partial charge in [0.15, 0.2) is 0 Å². The van der Waals surface area contributed by atoms with E-state index in [1.54, 1.807) is 0 Å². The molecule has 2 saturated heterocycles. The fourth-order valence-corrected chi connectivity index (χ4v) is 3.34. The maximum atomic E-state index is 5.97. The van der Waals surface area contributed by atoms with Gasteiger partial charge in [-0.2, -0.15) is 0 Å². The Morgan fingerprint density at radius 1 is 1.20 bits per heavy atom. The zero-order valence-electron chi connectivity index (χ0n) is 13.8. The normalized spacial score (nSPS) is 28.9. The molecule has 1 unspecified atom stereocenters. The molecule has 0 saturated carbocycles. The minimum absolute atomic E-state index is 0.341. The van der Waals surface area contributed by atoms with Crippen molar-refractivity contribution in [1.82, 2.24) is 15.1 Å². The molecule has 2 rings (SSSR count). The average Bonchev–Trinajstić information content (AvgIpc) is 2.41. The molecule has 0 aromatic heterocycles. The van der Waals surface area contributed by atoms with Gasteiger partial charge in [-0.05, 0) is 45.8 Å². The van der Waals surface area contributed by atoms with Crippen molar-refractivity contribution in [2.24, 2.45) is 5.92 Å². The number of piperidine rings is 1. The molecule has 118 valence electrons. The fraction of sp³-hybridized carbons (Fsp3) is 1.00. The van der Waals surface area contributed by atoms with Crippen molar-refractivity contribution in [3.63, 3.8) is 0 Å². The number of hydrogen-bond acceptors (Lipinski definition) is 4. The largest absolute Gasteiger partial charge is 0.374 e. The lowest BCUT2D eigenvalue weighted by atomic mass is 9.90. The first-order valence-electron chi connectivity index (χ1n) is 8.26. The number of nitrogens with zero attached hydrogens (tertiary/aromatic N) is 2. The average molecular weight is 283 g/mol. The highest BCUT2D eigenvalue weighted by Crippen LogP contribution is 2.21. The Labute approximate surface area is 124 Å². The second kappa shape index (κ2) is 7.21. The van der Waals surface area contributed by atoms with Crippen molar-refractivity contribution in [1.29, 1.82) is 0 Å². The molecule has 0 bridgehead atoms. The van der Waals surface area contributed by atoms with E-state index in [4.69, 9.17) is 4.74 Å². The molecular weight excluding hydrogens is 250 g/mol. The summed E-state index contributed by atoms with van der Waals surface area (Å²) in [6, 6.07) is 0. The van der Waals surface area contributed by atoms with Gasteiger partial charge >= 0.3 is 0 Å². The second-order valence-corrected chi connectivity index (χ2v) is 7.26. The first kappa shape index (κ1) is 16.2. The van der Waals surface area contributed by atoms with Gasteiger partial charge in [-0.25, -0.2) is 0 Å². The van der Waals surface area contributed by atoms with Crippen molar-refractivity contribution >= 4 is 0 Å². The molecule has 0 spiro atoms. The van der Waals surface area contributed by atoms with Gasteiger partial charge < -0.3 is 15.0 Å². The third-order valence-corrected chi connectivity index (χ3v) is 4.87. The molecule has 0 amide bonds. The summed E-state index contributed by atoms with van der Waals surface area (Å²) >= 11 is 0. The summed E-state index contributed by atoms with van der Waals surface area (Å²) in [6.45, 7) is 14.8. The van der Waals surface area contributed by atoms with Gasteiger partial charge in [0.05, 0.1) is 12.7 Å². The number of likely N-dealkylation sites (tertiary alicyclic amines) is 1. The third-order valence-electron chi connectivity index (χ3n) is 4.87. The second-order valence-electron chi connectivity index (χ2n) is 7.26. The van der Waals surface area contributed by atoms with Crippen LogP contribution in [0.4, 0.5) is 0 Å². The minimum atomic E-state index is 0.341. The van der Waals surface area contributed by atoms with Crippen molar-refractivity contribution in [3.05, 3.63) is 0 Å². The fourth-order valence-electron chi connectivity index (χ4n) is 3.34. The summed E-state index contributed by atoms with van der Waals surface area (Å²) in [5.41, 5.74) is 0.341. The molecule has 0 radical (unpaired) electrons. The number of rotatable bonds is 5. The highest BCUT2D eigenvalue weighted by atomic mass is 16.5. The summed E-state index contributed by atoms with van der Waals surface area (Å²) in [6.07, 6.45) is 2.89. The van der Waals surface area contributed by atoms with Crippen LogP contribution in [0.2, 0.25) is 0 Å². The lowest BCUT2D eigenvalue weighted by Crippen LogP contribution is -2.53. The monoisotopic (exact) mass is 283 g/mol. The van der Waals surface area contributed by atoms with Gasteiger partial charge in [-0.15, -0.1) is 0 Å². The minimum Gasteiger partial charge on any atom is -0.374 e. The third kappa shape index (κ3) is 4.69. The van der Waals surface area contributed by atoms with Gasteiger partial charge in [0.1, 0.15) is 0 Å². The highest BCUT2D eigenvalue weighted by molar-refractivity contribution is 4.89. The van der Waals surface area contributed by atoms with Crippen LogP contribution in [0.15, 0.2) is 0 Å². The lowest BCUT2D eigenvalue weighted by molar-refractivity contribution is -0.0502. The molecule has 0 aromatic rings. The Morgan fingerprint density at radius 3 is 2.50 bits per heavy atom. The van der Waals surface area contributed by atoms with Crippen molar-refractivity contribution in [2.75, 3.05) is 52.9 Å². The predicted molar refractivity (Wildman–Crippen MR) is 84.2 cm³/mol. The standard InChI is InChI=1S/C16H33N3O/c1-14(2)11-19-9-10-20-15(13-19)12-18-7-5-16(3,17-4)6-8-18/h14-15,17H,5-13H2,1-4H3. The Kier molecular flexibility index (Phi) is 5.84. The van der Waals surface area contributed by atoms with Crippen molar-refractivity contribution < 1.29 is 4.74 Å². The smallest absolute Gasteiger partial charge is 0.0829 e. The summed E-state index contributed by atoms with van der Waals surface area (Å²) < 4.78 is 5.97. The molecule has 2 heterocycles. The van der Waals surface area contributed by atoms with E-state index in [0.29, 0.717) is 11.6 Å². The SMILES string of the molecule is CNC1(C)CCN(CC2CN(CC(C)C)CCO2)CC1. The van der Waals surface area contributed by atoms with Crippen LogP contribution in [0.1, 0.15) is 33.6 Å². The summed E-state index contributed by atoms with van der Waals surface area (Å²) in [5, 5.41) is 3.47. The Morgan fingerprint density at radius 2 is 1.90 bits per heavy atom. The van der Waals surface area contributed by atoms with Crippen LogP contribution in [0.5, 0.6) is 0 Å². The number of morpholine rings is 1. The van der Waals surface area contributed by atoms with Crippen LogP contribution in [-0.4, -0.2) is 74.4 Å². The van der Waals surface area contributed by atoms with Gasteiger partial charge in [-0.3, -0.25) is 4.90 Å². The Balaban J connectivity index is 1.74. The highest BCUT2D eigenvalue weighted by Gasteiger charge is 2.30. The maximum Gasteiger partial charge on any atom is 0.0829 e. The molecule has 20 heavy (non-hydrogen) atoms. The molecule has 4 nitrogen and oxygen atoms in total. The van der Waals surface area contributed by atoms with Gasteiger partial charge in [0, 0.05) is 31.7 Å². The van der Waals surface area contributed by atoms with Crippen LogP contribution < -0.4 is 5.32 Å². The maximum absolute atomic E-state index is 5.97. The van der Waals surface area contributed by atoms with Crippen molar-refractivity contribution in [2.45, 2.75) is 45.3 Å². The van der Waals surface area contributed by atoms with Crippen LogP contribution in [-0.2, 0) is 4.74 Å². The van der Waals surface area contributed by atoms with Crippen molar-refractivity contribution in [3.8, 4) is 0 Å². The van der Waals surface area contributed by atoms with E-state index < -0.39 is 0 Å². The van der Waals surface area contributed by atoms with Crippen LogP contribution >= 0.6 is 0 Å². The van der Waals surface area contributed by atoms with E-state index in [-0.39, 0.29) is 0 Å². The molecule has 0 aromatic carbocycles. The number of hydrogen-bond donors (Lipinski definition) is 1. The Bertz CT molecular complexity index is 287. The quantitative estimate of drug-likeness (QED) is 0.826. The summed E-state index contributed by atoms with van der Waals surface area (Å²) in [4.78, 5) is 5.16. The van der Waals surface area contributed by atoms with E-state index in [1.165, 1.54) is 32.5 Å². The summed E-state index contributed by atoms with van der Waals surface area (Å²) in [5.74, 6) is 0.750. The summed E-state index contributed by atoms with van der Waals surface area (Å²) in [7, 11) is 2.09. The van der Waals surface area contributed by atoms with Gasteiger partial charge in [0.25, 0.3) is 0 Å². The molecule has 1 atom stereocenters. The van der Waals surface area contributed by atoms with E-state index >= 15 is 0 Å².